The van der Waals surface area contributed by atoms with E-state index in [0.717, 1.165) is 42.5 Å². The maximum Gasteiger partial charge on any atom is 0.128 e. The van der Waals surface area contributed by atoms with Gasteiger partial charge in [-0.2, -0.15) is 0 Å². The largest absolute Gasteiger partial charge is 0.383 e. The van der Waals surface area contributed by atoms with Crippen LogP contribution in [0.15, 0.2) is 74.2 Å². The minimum Gasteiger partial charge on any atom is -0.383 e. The summed E-state index contributed by atoms with van der Waals surface area (Å²) >= 11 is 0. The smallest absolute Gasteiger partial charge is 0.128 e. The average molecular weight is 738 g/mol. The van der Waals surface area contributed by atoms with Crippen LogP contribution in [-0.2, 0) is 0 Å². The van der Waals surface area contributed by atoms with Gasteiger partial charge in [0.15, 0.2) is 0 Å². The minimum atomic E-state index is 0.311. The first-order valence-corrected chi connectivity index (χ1v) is 20.2. The van der Waals surface area contributed by atoms with Crippen molar-refractivity contribution in [1.29, 1.82) is 0 Å². The summed E-state index contributed by atoms with van der Waals surface area (Å²) in [4.78, 5) is 12.8. The predicted molar refractivity (Wildman–Crippen MR) is 240 cm³/mol. The summed E-state index contributed by atoms with van der Waals surface area (Å²) in [7, 11) is 4.07. The fraction of sp³-hybridized carbons (Fsp3) is 0.652. The summed E-state index contributed by atoms with van der Waals surface area (Å²) in [6, 6.07) is 8.11. The molecule has 7 nitrogen and oxygen atoms in total. The van der Waals surface area contributed by atoms with Gasteiger partial charge in [-0.25, -0.2) is 9.97 Å². The van der Waals surface area contributed by atoms with E-state index in [9.17, 15) is 0 Å². The topological polar surface area (TPSA) is 96.3 Å². The molecule has 1 saturated heterocycles. The van der Waals surface area contributed by atoms with Crippen LogP contribution in [0.3, 0.4) is 0 Å². The number of nitrogen functional groups attached to an aromatic ring is 2. The number of allylic oxidation sites excluding steroid dienone is 3. The Balaban J connectivity index is -0.000000642. The van der Waals surface area contributed by atoms with Crippen LogP contribution in [0.5, 0.6) is 0 Å². The van der Waals surface area contributed by atoms with E-state index in [1.807, 2.05) is 39.1 Å². The third kappa shape index (κ3) is 31.0. The molecule has 2 aromatic heterocycles. The van der Waals surface area contributed by atoms with E-state index in [0.29, 0.717) is 29.0 Å². The number of anilines is 2. The van der Waals surface area contributed by atoms with E-state index in [-0.39, 0.29) is 0 Å². The van der Waals surface area contributed by atoms with Gasteiger partial charge in [-0.05, 0) is 121 Å². The van der Waals surface area contributed by atoms with Crippen molar-refractivity contribution >= 4 is 11.6 Å². The standard InChI is InChI=1S/C16H29N.C14H25N3.C6H8N2.C4H10.C3H9N.C3H6/c1-5-8-16-9-11-17(12-10-16)14(4)13-15(6-2)7-3;1-11(12-7-6-9-16-13(12)15)17(5)10-8-14(2,3)4;1-5-3-2-4-8-6(5)7;1-4(2)3;1-3-4-2;1-3-2/h6,15-16H,2,4-5,7-13H2,1,3H3;6-7,9,11H,8,10H2,1-5H3,(H2,15,16);2-4H,1H3,(H2,7,8);4H,1-3H3;4H,3H2,1-2H3;3H,1H2,2H3. The Hall–Kier alpha value is -3.16. The molecule has 0 aromatic carbocycles. The molecule has 0 aliphatic carbocycles. The van der Waals surface area contributed by atoms with Crippen molar-refractivity contribution in [1.82, 2.24) is 25.1 Å². The Morgan fingerprint density at radius 3 is 1.85 bits per heavy atom. The molecule has 1 aliphatic rings. The highest BCUT2D eigenvalue weighted by Gasteiger charge is 2.20. The molecule has 2 unspecified atom stereocenters. The molecule has 53 heavy (non-hydrogen) atoms. The Morgan fingerprint density at radius 1 is 1.00 bits per heavy atom. The van der Waals surface area contributed by atoms with Gasteiger partial charge in [0, 0.05) is 42.8 Å². The molecule has 306 valence electrons. The SMILES string of the molecule is C=CC.C=CC(CC)CC(=C)N1CCC(CCC)CC1.CC(C)C.CC(c1cccnc1N)N(C)CCC(C)(C)C.CCNC.Cc1cccnc1N. The number of likely N-dealkylation sites (tertiary alicyclic amines) is 1. The van der Waals surface area contributed by atoms with Crippen LogP contribution in [0, 0.1) is 30.1 Å². The molecule has 0 bridgehead atoms. The van der Waals surface area contributed by atoms with Crippen molar-refractivity contribution in [3.05, 3.63) is 85.4 Å². The molecule has 0 saturated carbocycles. The number of nitrogens with one attached hydrogen (secondary N) is 1. The number of hydrogen-bond donors (Lipinski definition) is 3. The number of rotatable bonds is 12. The molecule has 3 heterocycles. The summed E-state index contributed by atoms with van der Waals surface area (Å²) in [5.74, 6) is 3.66. The first-order valence-electron chi connectivity index (χ1n) is 20.2. The highest BCUT2D eigenvalue weighted by molar-refractivity contribution is 5.40. The maximum atomic E-state index is 5.90. The number of nitrogens with two attached hydrogens (primary N) is 2. The van der Waals surface area contributed by atoms with E-state index in [2.05, 4.69) is 133 Å². The Morgan fingerprint density at radius 2 is 1.49 bits per heavy atom. The first-order chi connectivity index (χ1) is 24.9. The molecule has 0 radical (unpaired) electrons. The predicted octanol–water partition coefficient (Wildman–Crippen LogP) is 11.8. The van der Waals surface area contributed by atoms with Crippen molar-refractivity contribution < 1.29 is 0 Å². The van der Waals surface area contributed by atoms with Crippen LogP contribution < -0.4 is 16.8 Å². The zero-order valence-electron chi connectivity index (χ0n) is 37.3. The molecule has 5 N–H and O–H groups in total. The van der Waals surface area contributed by atoms with Crippen molar-refractivity contribution in [2.75, 3.05) is 51.7 Å². The van der Waals surface area contributed by atoms with Crippen LogP contribution >= 0.6 is 0 Å². The van der Waals surface area contributed by atoms with Crippen LogP contribution in [0.2, 0.25) is 0 Å². The average Bonchev–Trinajstić information content (AvgIpc) is 3.11. The quantitative estimate of drug-likeness (QED) is 0.187. The molecule has 1 aliphatic heterocycles. The lowest BCUT2D eigenvalue weighted by Gasteiger charge is -2.35. The van der Waals surface area contributed by atoms with Gasteiger partial charge in [0.05, 0.1) is 0 Å². The van der Waals surface area contributed by atoms with Crippen LogP contribution in [-0.4, -0.2) is 60.0 Å². The molecular weight excluding hydrogens is 651 g/mol. The third-order valence-corrected chi connectivity index (χ3v) is 8.71. The lowest BCUT2D eigenvalue weighted by molar-refractivity contribution is 0.210. The van der Waals surface area contributed by atoms with Gasteiger partial charge in [-0.3, -0.25) is 4.90 Å². The van der Waals surface area contributed by atoms with Gasteiger partial charge >= 0.3 is 0 Å². The van der Waals surface area contributed by atoms with Gasteiger partial charge in [-0.1, -0.05) is 106 Å². The zero-order chi connectivity index (χ0) is 41.4. The summed E-state index contributed by atoms with van der Waals surface area (Å²) in [5, 5.41) is 2.93. The summed E-state index contributed by atoms with van der Waals surface area (Å²) in [5.41, 5.74) is 15.2. The van der Waals surface area contributed by atoms with Gasteiger partial charge in [0.25, 0.3) is 0 Å². The molecular formula is C46H87N7. The zero-order valence-corrected chi connectivity index (χ0v) is 37.3. The molecule has 0 amide bonds. The van der Waals surface area contributed by atoms with Crippen molar-refractivity contribution in [3.8, 4) is 0 Å². The maximum absolute atomic E-state index is 5.90. The van der Waals surface area contributed by atoms with E-state index in [1.165, 1.54) is 57.3 Å². The van der Waals surface area contributed by atoms with Crippen molar-refractivity contribution in [3.63, 3.8) is 0 Å². The number of hydrogen-bond acceptors (Lipinski definition) is 7. The first kappa shape index (κ1) is 54.2. The monoisotopic (exact) mass is 738 g/mol. The van der Waals surface area contributed by atoms with E-state index >= 15 is 0 Å². The summed E-state index contributed by atoms with van der Waals surface area (Å²) in [6.07, 6.45) is 16.2. The normalized spacial score (nSPS) is 13.5. The summed E-state index contributed by atoms with van der Waals surface area (Å²) < 4.78 is 0. The molecule has 2 aromatic rings. The van der Waals surface area contributed by atoms with Crippen LogP contribution in [0.25, 0.3) is 0 Å². The lowest BCUT2D eigenvalue weighted by atomic mass is 9.91. The number of nitrogens with zero attached hydrogens (tertiary/aromatic N) is 4. The van der Waals surface area contributed by atoms with Crippen molar-refractivity contribution in [2.45, 2.75) is 134 Å². The van der Waals surface area contributed by atoms with E-state index < -0.39 is 0 Å². The second-order valence-electron chi connectivity index (χ2n) is 15.9. The Bertz CT molecular complexity index is 1140. The highest BCUT2D eigenvalue weighted by Crippen LogP contribution is 2.27. The third-order valence-electron chi connectivity index (χ3n) is 8.71. The highest BCUT2D eigenvalue weighted by atomic mass is 15.1. The molecule has 3 rings (SSSR count). The fourth-order valence-corrected chi connectivity index (χ4v) is 5.00. The van der Waals surface area contributed by atoms with E-state index in [1.54, 1.807) is 18.5 Å². The second kappa shape index (κ2) is 33.4. The van der Waals surface area contributed by atoms with Gasteiger partial charge in [0.1, 0.15) is 11.6 Å². The minimum absolute atomic E-state index is 0.311. The molecule has 0 spiro atoms. The Labute approximate surface area is 330 Å². The summed E-state index contributed by atoms with van der Waals surface area (Å²) in [6.45, 7) is 42.0. The number of aryl methyl sites for hydroxylation is 1. The van der Waals surface area contributed by atoms with Gasteiger partial charge in [0.2, 0.25) is 0 Å². The second-order valence-corrected chi connectivity index (χ2v) is 15.9. The molecule has 7 heteroatoms. The number of pyridine rings is 2. The van der Waals surface area contributed by atoms with Crippen molar-refractivity contribution in [2.24, 2.45) is 23.2 Å². The van der Waals surface area contributed by atoms with E-state index in [4.69, 9.17) is 11.5 Å². The lowest BCUT2D eigenvalue weighted by Crippen LogP contribution is -2.33. The van der Waals surface area contributed by atoms with Crippen LogP contribution in [0.1, 0.15) is 138 Å². The van der Waals surface area contributed by atoms with Crippen LogP contribution in [0.4, 0.5) is 11.6 Å². The molecule has 2 atom stereocenters. The number of piperidine rings is 1. The van der Waals surface area contributed by atoms with Gasteiger partial charge in [-0.15, -0.1) is 13.2 Å². The molecule has 1 fully saturated rings. The number of aromatic nitrogens is 2. The van der Waals surface area contributed by atoms with Gasteiger partial charge < -0.3 is 21.7 Å². The fourth-order valence-electron chi connectivity index (χ4n) is 5.00. The Kier molecular flexibility index (Phi) is 34.2.